The molecule has 5 nitrogen and oxygen atoms in total. The number of anilines is 1. The summed E-state index contributed by atoms with van der Waals surface area (Å²) in [4.78, 5) is 19.2. The Bertz CT molecular complexity index is 663. The largest absolute Gasteiger partial charge is 0.441 e. The fourth-order valence-corrected chi connectivity index (χ4v) is 3.06. The third-order valence-electron chi connectivity index (χ3n) is 4.04. The van der Waals surface area contributed by atoms with Crippen LogP contribution in [0.4, 0.5) is 5.69 Å². The summed E-state index contributed by atoms with van der Waals surface area (Å²) < 4.78 is 5.50. The van der Waals surface area contributed by atoms with E-state index in [9.17, 15) is 4.79 Å². The lowest BCUT2D eigenvalue weighted by atomic mass is 10.1. The average molecular weight is 287 g/mol. The predicted octanol–water partition coefficient (Wildman–Crippen LogP) is 2.95. The Kier molecular flexibility index (Phi) is 3.68. The highest BCUT2D eigenvalue weighted by atomic mass is 16.3. The third-order valence-corrected chi connectivity index (χ3v) is 4.04. The van der Waals surface area contributed by atoms with Gasteiger partial charge in [0.25, 0.3) is 0 Å². The number of rotatable bonds is 3. The molecule has 21 heavy (non-hydrogen) atoms. The molecule has 3 rings (SSSR count). The number of carbonyl (C=O) groups excluding carboxylic acids is 1. The number of aromatic nitrogens is 1. The first kappa shape index (κ1) is 14.1. The van der Waals surface area contributed by atoms with Crippen LogP contribution in [0, 0.1) is 6.92 Å². The molecule has 1 aliphatic rings. The minimum atomic E-state index is -0.0479. The Balaban J connectivity index is 1.83. The number of benzene rings is 1. The van der Waals surface area contributed by atoms with Gasteiger partial charge in [0.1, 0.15) is 5.52 Å². The van der Waals surface area contributed by atoms with Crippen molar-refractivity contribution in [3.63, 3.8) is 0 Å². The summed E-state index contributed by atoms with van der Waals surface area (Å²) in [5.41, 5.74) is 2.15. The van der Waals surface area contributed by atoms with E-state index in [1.165, 1.54) is 0 Å². The molecule has 1 N–H and O–H groups in total. The quantitative estimate of drug-likeness (QED) is 0.943. The van der Waals surface area contributed by atoms with Crippen LogP contribution in [-0.4, -0.2) is 34.4 Å². The monoisotopic (exact) mass is 287 g/mol. The van der Waals surface area contributed by atoms with Crippen LogP contribution >= 0.6 is 0 Å². The van der Waals surface area contributed by atoms with Gasteiger partial charge in [-0.1, -0.05) is 6.07 Å². The second-order valence-electron chi connectivity index (χ2n) is 5.86. The molecule has 0 spiro atoms. The molecule has 2 aromatic rings. The topological polar surface area (TPSA) is 58.4 Å². The lowest BCUT2D eigenvalue weighted by Gasteiger charge is -2.27. The number of nitrogens with one attached hydrogen (secondary N) is 1. The maximum Gasteiger partial charge on any atom is 0.241 e. The van der Waals surface area contributed by atoms with E-state index in [0.29, 0.717) is 17.5 Å². The number of likely N-dealkylation sites (tertiary alicyclic amines) is 1. The van der Waals surface area contributed by atoms with Crippen molar-refractivity contribution >= 4 is 22.7 Å². The van der Waals surface area contributed by atoms with Crippen LogP contribution in [0.5, 0.6) is 0 Å². The van der Waals surface area contributed by atoms with Crippen LogP contribution in [0.15, 0.2) is 22.6 Å². The zero-order valence-corrected chi connectivity index (χ0v) is 12.7. The van der Waals surface area contributed by atoms with Crippen LogP contribution in [0.25, 0.3) is 11.1 Å². The number of amides is 1. The number of hydrogen-bond acceptors (Lipinski definition) is 4. The van der Waals surface area contributed by atoms with Crippen molar-refractivity contribution in [1.82, 2.24) is 9.88 Å². The van der Waals surface area contributed by atoms with Gasteiger partial charge in [0, 0.05) is 13.0 Å². The van der Waals surface area contributed by atoms with Crippen molar-refractivity contribution in [2.45, 2.75) is 45.7 Å². The van der Waals surface area contributed by atoms with Crippen LogP contribution in [0.2, 0.25) is 0 Å². The predicted molar refractivity (Wildman–Crippen MR) is 82.2 cm³/mol. The summed E-state index contributed by atoms with van der Waals surface area (Å²) in [6, 6.07) is 5.94. The third kappa shape index (κ3) is 2.65. The van der Waals surface area contributed by atoms with Gasteiger partial charge in [-0.25, -0.2) is 4.98 Å². The molecule has 1 saturated heterocycles. The van der Waals surface area contributed by atoms with Gasteiger partial charge < -0.3 is 9.73 Å². The molecule has 1 unspecified atom stereocenters. The zero-order valence-electron chi connectivity index (χ0n) is 12.7. The smallest absolute Gasteiger partial charge is 0.241 e. The van der Waals surface area contributed by atoms with Crippen molar-refractivity contribution in [3.8, 4) is 0 Å². The van der Waals surface area contributed by atoms with Crippen LogP contribution in [-0.2, 0) is 4.79 Å². The van der Waals surface area contributed by atoms with E-state index >= 15 is 0 Å². The van der Waals surface area contributed by atoms with E-state index in [2.05, 4.69) is 29.0 Å². The number of nitrogens with zero attached hydrogens (tertiary/aromatic N) is 2. The van der Waals surface area contributed by atoms with E-state index < -0.39 is 0 Å². The van der Waals surface area contributed by atoms with Gasteiger partial charge in [-0.05, 0) is 45.4 Å². The standard InChI is InChI=1S/C16H21N3O2/c1-10(2)19-9-5-7-13(19)16(20)18-12-6-4-8-14-15(12)17-11(3)21-14/h4,6,8,10,13H,5,7,9H2,1-3H3,(H,18,20). The SMILES string of the molecule is Cc1nc2c(NC(=O)C3CCCN3C(C)C)cccc2o1. The summed E-state index contributed by atoms with van der Waals surface area (Å²) in [5.74, 6) is 0.658. The Morgan fingerprint density at radius 2 is 2.29 bits per heavy atom. The van der Waals surface area contributed by atoms with Gasteiger partial charge in [0.05, 0.1) is 11.7 Å². The molecule has 0 saturated carbocycles. The highest BCUT2D eigenvalue weighted by Crippen LogP contribution is 2.26. The average Bonchev–Trinajstić information content (AvgIpc) is 3.04. The number of aryl methyl sites for hydroxylation is 1. The number of oxazole rings is 1. The van der Waals surface area contributed by atoms with Crippen molar-refractivity contribution in [2.24, 2.45) is 0 Å². The zero-order chi connectivity index (χ0) is 15.0. The summed E-state index contributed by atoms with van der Waals surface area (Å²) in [5, 5.41) is 3.02. The molecule has 1 aromatic heterocycles. The number of hydrogen-bond donors (Lipinski definition) is 1. The van der Waals surface area contributed by atoms with E-state index in [0.717, 1.165) is 30.6 Å². The molecule has 112 valence electrons. The lowest BCUT2D eigenvalue weighted by molar-refractivity contribution is -0.120. The lowest BCUT2D eigenvalue weighted by Crippen LogP contribution is -2.43. The van der Waals surface area contributed by atoms with Crippen LogP contribution in [0.1, 0.15) is 32.6 Å². The van der Waals surface area contributed by atoms with Crippen LogP contribution in [0.3, 0.4) is 0 Å². The normalized spacial score (nSPS) is 19.5. The summed E-state index contributed by atoms with van der Waals surface area (Å²) in [6.07, 6.45) is 1.99. The Labute approximate surface area is 124 Å². The maximum atomic E-state index is 12.6. The molecule has 0 aliphatic carbocycles. The van der Waals surface area contributed by atoms with Crippen molar-refractivity contribution < 1.29 is 9.21 Å². The molecule has 1 aliphatic heterocycles. The molecule has 1 fully saturated rings. The van der Waals surface area contributed by atoms with Crippen molar-refractivity contribution in [3.05, 3.63) is 24.1 Å². The Hall–Kier alpha value is -1.88. The molecule has 1 atom stereocenters. The second kappa shape index (κ2) is 5.48. The van der Waals surface area contributed by atoms with Gasteiger partial charge in [-0.2, -0.15) is 0 Å². The van der Waals surface area contributed by atoms with Gasteiger partial charge in [0.2, 0.25) is 5.91 Å². The van der Waals surface area contributed by atoms with Gasteiger partial charge >= 0.3 is 0 Å². The molecule has 5 heteroatoms. The van der Waals surface area contributed by atoms with E-state index in [-0.39, 0.29) is 11.9 Å². The van der Waals surface area contributed by atoms with Crippen molar-refractivity contribution in [2.75, 3.05) is 11.9 Å². The van der Waals surface area contributed by atoms with Crippen molar-refractivity contribution in [1.29, 1.82) is 0 Å². The molecular formula is C16H21N3O2. The molecule has 0 bridgehead atoms. The fourth-order valence-electron chi connectivity index (χ4n) is 3.06. The first-order valence-corrected chi connectivity index (χ1v) is 7.49. The van der Waals surface area contributed by atoms with E-state index in [1.807, 2.05) is 25.1 Å². The van der Waals surface area contributed by atoms with E-state index in [1.54, 1.807) is 0 Å². The second-order valence-corrected chi connectivity index (χ2v) is 5.86. The minimum absolute atomic E-state index is 0.0479. The van der Waals surface area contributed by atoms with E-state index in [4.69, 9.17) is 4.42 Å². The van der Waals surface area contributed by atoms with Gasteiger partial charge in [0.15, 0.2) is 11.5 Å². The fraction of sp³-hybridized carbons (Fsp3) is 0.500. The first-order chi connectivity index (χ1) is 10.1. The summed E-state index contributed by atoms with van der Waals surface area (Å²) >= 11 is 0. The van der Waals surface area contributed by atoms with Gasteiger partial charge in [-0.3, -0.25) is 9.69 Å². The highest BCUT2D eigenvalue weighted by Gasteiger charge is 2.32. The molecule has 2 heterocycles. The molecule has 1 amide bonds. The summed E-state index contributed by atoms with van der Waals surface area (Å²) in [6.45, 7) is 7.06. The number of para-hydroxylation sites is 1. The Morgan fingerprint density at radius 1 is 1.48 bits per heavy atom. The number of carbonyl (C=O) groups is 1. The Morgan fingerprint density at radius 3 is 3.05 bits per heavy atom. The number of fused-ring (bicyclic) bond motifs is 1. The molecule has 0 radical (unpaired) electrons. The van der Waals surface area contributed by atoms with Crippen LogP contribution < -0.4 is 5.32 Å². The highest BCUT2D eigenvalue weighted by molar-refractivity contribution is 6.01. The van der Waals surface area contributed by atoms with Gasteiger partial charge in [-0.15, -0.1) is 0 Å². The molecule has 1 aromatic carbocycles. The summed E-state index contributed by atoms with van der Waals surface area (Å²) in [7, 11) is 0. The maximum absolute atomic E-state index is 12.6. The molecular weight excluding hydrogens is 266 g/mol. The first-order valence-electron chi connectivity index (χ1n) is 7.49. The minimum Gasteiger partial charge on any atom is -0.441 e.